The van der Waals surface area contributed by atoms with Crippen molar-refractivity contribution in [2.24, 2.45) is 0 Å². The number of hydrogen-bond acceptors (Lipinski definition) is 1. The number of unbranched alkanes of at least 4 members (excludes halogenated alkanes) is 5. The van der Waals surface area contributed by atoms with Crippen LogP contribution in [0.4, 0.5) is 4.39 Å². The third-order valence-electron chi connectivity index (χ3n) is 2.55. The van der Waals surface area contributed by atoms with Crippen molar-refractivity contribution < 1.29 is 9.13 Å². The molecule has 95 valence electrons. The Balaban J connectivity index is 0.00000289. The van der Waals surface area contributed by atoms with E-state index in [1.54, 1.807) is 6.26 Å². The van der Waals surface area contributed by atoms with Crippen molar-refractivity contribution in [2.75, 3.05) is 6.67 Å². The first-order chi connectivity index (χ1) is 8.43. The van der Waals surface area contributed by atoms with E-state index in [1.807, 2.05) is 36.4 Å². The molecular weight excluding hydrogens is 238 g/mol. The monoisotopic (exact) mass is 259 g/mol. The summed E-state index contributed by atoms with van der Waals surface area (Å²) in [5.74, 6) is 0.867. The van der Waals surface area contributed by atoms with Crippen molar-refractivity contribution >= 4 is 29.6 Å². The van der Waals surface area contributed by atoms with Gasteiger partial charge in [-0.05, 0) is 37.5 Å². The van der Waals surface area contributed by atoms with Gasteiger partial charge in [0.15, 0.2) is 0 Å². The van der Waals surface area contributed by atoms with Crippen LogP contribution in [0.2, 0.25) is 0 Å². The second-order valence-electron chi connectivity index (χ2n) is 4.05. The molecule has 0 bridgehead atoms. The van der Waals surface area contributed by atoms with E-state index in [9.17, 15) is 4.39 Å². The summed E-state index contributed by atoms with van der Waals surface area (Å²) in [6.07, 6.45) is 10.0. The third-order valence-corrected chi connectivity index (χ3v) is 2.55. The fraction of sp³-hybridized carbons (Fsp3) is 0.467. The van der Waals surface area contributed by atoms with Crippen LogP contribution in [0.1, 0.15) is 38.5 Å². The molecule has 0 aliphatic rings. The van der Waals surface area contributed by atoms with E-state index in [0.717, 1.165) is 31.4 Å². The molecule has 0 spiro atoms. The fourth-order valence-corrected chi connectivity index (χ4v) is 1.58. The Bertz CT molecular complexity index is 301. The average Bonchev–Trinajstić information content (AvgIpc) is 2.38. The minimum atomic E-state index is -0.176. The number of benzene rings is 1. The fourth-order valence-electron chi connectivity index (χ4n) is 1.58. The van der Waals surface area contributed by atoms with Crippen LogP contribution in [0.3, 0.4) is 0 Å². The summed E-state index contributed by atoms with van der Waals surface area (Å²) in [4.78, 5) is 0. The molecule has 0 atom stereocenters. The number of rotatable bonds is 9. The van der Waals surface area contributed by atoms with E-state index < -0.39 is 0 Å². The molecule has 0 saturated carbocycles. The van der Waals surface area contributed by atoms with Gasteiger partial charge >= 0.3 is 0 Å². The van der Waals surface area contributed by atoms with Crippen molar-refractivity contribution in [3.8, 4) is 5.75 Å². The summed E-state index contributed by atoms with van der Waals surface area (Å²) in [6, 6.07) is 9.73. The molecule has 0 aliphatic carbocycles. The summed E-state index contributed by atoms with van der Waals surface area (Å²) < 4.78 is 17.2. The van der Waals surface area contributed by atoms with Gasteiger partial charge in [-0.2, -0.15) is 0 Å². The minimum absolute atomic E-state index is 0. The van der Waals surface area contributed by atoms with Gasteiger partial charge in [-0.15, -0.1) is 0 Å². The zero-order chi connectivity index (χ0) is 12.2. The van der Waals surface area contributed by atoms with Crippen LogP contribution >= 0.6 is 0 Å². The summed E-state index contributed by atoms with van der Waals surface area (Å²) in [6.45, 7) is -0.176. The molecule has 0 fully saturated rings. The average molecular weight is 259 g/mol. The van der Waals surface area contributed by atoms with Gasteiger partial charge in [0, 0.05) is 29.6 Å². The topological polar surface area (TPSA) is 9.23 Å². The Hall–Kier alpha value is -0.310. The predicted octanol–water partition coefficient (Wildman–Crippen LogP) is 4.51. The van der Waals surface area contributed by atoms with Crippen LogP contribution in [0.15, 0.2) is 42.7 Å². The number of allylic oxidation sites excluding steroid dienone is 1. The van der Waals surface area contributed by atoms with Crippen molar-refractivity contribution in [1.82, 2.24) is 0 Å². The maximum Gasteiger partial charge on any atom is 0.126 e. The molecule has 3 heteroatoms. The number of halogens is 1. The zero-order valence-corrected chi connectivity index (χ0v) is 13.3. The summed E-state index contributed by atoms with van der Waals surface area (Å²) in [7, 11) is 0. The predicted molar refractivity (Wildman–Crippen MR) is 75.6 cm³/mol. The SMILES string of the molecule is FCCCCCCCC=COc1ccccc1.[Na]. The molecule has 1 aromatic carbocycles. The molecule has 0 N–H and O–H groups in total. The maximum absolute atomic E-state index is 11.8. The van der Waals surface area contributed by atoms with Crippen LogP contribution in [0, 0.1) is 0 Å². The van der Waals surface area contributed by atoms with Gasteiger partial charge in [0.25, 0.3) is 0 Å². The standard InChI is InChI=1S/C15H21FO.Na/c16-13-9-4-2-1-3-5-10-14-17-15-11-7-6-8-12-15;/h6-8,10-12,14H,1-5,9,13H2;. The van der Waals surface area contributed by atoms with Gasteiger partial charge in [0.1, 0.15) is 5.75 Å². The molecule has 1 nitrogen and oxygen atoms in total. The van der Waals surface area contributed by atoms with E-state index >= 15 is 0 Å². The molecule has 0 amide bonds. The number of para-hydroxylation sites is 1. The first kappa shape index (κ1) is 17.7. The normalized spacial score (nSPS) is 10.3. The largest absolute Gasteiger partial charge is 0.465 e. The number of alkyl halides is 1. The van der Waals surface area contributed by atoms with Crippen molar-refractivity contribution in [2.45, 2.75) is 38.5 Å². The molecule has 0 aliphatic heterocycles. The third kappa shape index (κ3) is 9.69. The van der Waals surface area contributed by atoms with Crippen LogP contribution in [-0.2, 0) is 0 Å². The van der Waals surface area contributed by atoms with Crippen LogP contribution in [0.5, 0.6) is 5.75 Å². The quantitative estimate of drug-likeness (QED) is 0.360. The van der Waals surface area contributed by atoms with E-state index in [0.29, 0.717) is 6.42 Å². The summed E-state index contributed by atoms with van der Waals surface area (Å²) in [5, 5.41) is 0. The Kier molecular flexibility index (Phi) is 12.9. The molecule has 0 saturated heterocycles. The van der Waals surface area contributed by atoms with Gasteiger partial charge in [0.2, 0.25) is 0 Å². The molecule has 0 aromatic heterocycles. The summed E-state index contributed by atoms with van der Waals surface area (Å²) >= 11 is 0. The van der Waals surface area contributed by atoms with E-state index in [1.165, 1.54) is 6.42 Å². The van der Waals surface area contributed by atoms with Gasteiger partial charge in [-0.1, -0.05) is 37.5 Å². The van der Waals surface area contributed by atoms with Crippen LogP contribution < -0.4 is 4.74 Å². The van der Waals surface area contributed by atoms with E-state index in [-0.39, 0.29) is 36.2 Å². The van der Waals surface area contributed by atoms with Crippen LogP contribution in [-0.4, -0.2) is 36.2 Å². The van der Waals surface area contributed by atoms with Crippen molar-refractivity contribution in [3.05, 3.63) is 42.7 Å². The van der Waals surface area contributed by atoms with Crippen LogP contribution in [0.25, 0.3) is 0 Å². The molecule has 18 heavy (non-hydrogen) atoms. The molecular formula is C15H21FNaO. The van der Waals surface area contributed by atoms with E-state index in [4.69, 9.17) is 4.74 Å². The smallest absolute Gasteiger partial charge is 0.126 e. The second-order valence-corrected chi connectivity index (χ2v) is 4.05. The maximum atomic E-state index is 11.8. The number of ether oxygens (including phenoxy) is 1. The molecule has 0 heterocycles. The molecule has 1 rings (SSSR count). The first-order valence-corrected chi connectivity index (χ1v) is 6.36. The first-order valence-electron chi connectivity index (χ1n) is 6.36. The molecule has 1 radical (unpaired) electrons. The van der Waals surface area contributed by atoms with Crippen molar-refractivity contribution in [3.63, 3.8) is 0 Å². The van der Waals surface area contributed by atoms with Gasteiger partial charge in [0.05, 0.1) is 12.9 Å². The second kappa shape index (κ2) is 13.1. The number of hydrogen-bond donors (Lipinski definition) is 0. The zero-order valence-electron chi connectivity index (χ0n) is 11.3. The summed E-state index contributed by atoms with van der Waals surface area (Å²) in [5.41, 5.74) is 0. The van der Waals surface area contributed by atoms with Gasteiger partial charge in [-0.3, -0.25) is 4.39 Å². The van der Waals surface area contributed by atoms with Gasteiger partial charge in [-0.25, -0.2) is 0 Å². The van der Waals surface area contributed by atoms with E-state index in [2.05, 4.69) is 0 Å². The Labute approximate surface area is 132 Å². The molecule has 0 unspecified atom stereocenters. The molecule has 1 aromatic rings. The van der Waals surface area contributed by atoms with Crippen molar-refractivity contribution in [1.29, 1.82) is 0 Å². The Morgan fingerprint density at radius 1 is 0.944 bits per heavy atom. The Morgan fingerprint density at radius 2 is 1.61 bits per heavy atom. The van der Waals surface area contributed by atoms with Gasteiger partial charge < -0.3 is 4.74 Å². The minimum Gasteiger partial charge on any atom is -0.465 e. The Morgan fingerprint density at radius 3 is 2.33 bits per heavy atom.